The minimum absolute atomic E-state index is 0.0781. The number of rotatable bonds is 7. The quantitative estimate of drug-likeness (QED) is 0.487. The summed E-state index contributed by atoms with van der Waals surface area (Å²) in [6, 6.07) is 0. The first kappa shape index (κ1) is 12.2. The van der Waals surface area contributed by atoms with Crippen molar-refractivity contribution in [3.63, 3.8) is 0 Å². The van der Waals surface area contributed by atoms with Crippen LogP contribution in [0.15, 0.2) is 12.7 Å². The first-order valence-corrected chi connectivity index (χ1v) is 4.98. The Morgan fingerprint density at radius 2 is 2.15 bits per heavy atom. The molecule has 0 radical (unpaired) electrons. The van der Waals surface area contributed by atoms with Crippen molar-refractivity contribution in [1.29, 1.82) is 0 Å². The maximum atomic E-state index is 10.8. The molecule has 0 unspecified atom stereocenters. The normalized spacial score (nSPS) is 14.9. The molecule has 0 aromatic rings. The van der Waals surface area contributed by atoms with Crippen LogP contribution in [0.3, 0.4) is 0 Å². The number of allylic oxidation sites excluding steroid dienone is 1. The molecule has 0 spiro atoms. The van der Waals surface area contributed by atoms with Gasteiger partial charge in [0.1, 0.15) is 0 Å². The van der Waals surface area contributed by atoms with Crippen LogP contribution in [-0.2, 0) is 4.79 Å². The first-order valence-electron chi connectivity index (χ1n) is 4.98. The van der Waals surface area contributed by atoms with Crippen molar-refractivity contribution >= 4 is 5.97 Å². The van der Waals surface area contributed by atoms with Crippen molar-refractivity contribution in [2.24, 2.45) is 11.8 Å². The molecular weight excluding hydrogens is 164 g/mol. The SMILES string of the molecule is C=C[C@@H](C)[C@H](CCCCC)C(=O)O. The van der Waals surface area contributed by atoms with E-state index in [4.69, 9.17) is 5.11 Å². The van der Waals surface area contributed by atoms with E-state index >= 15 is 0 Å². The monoisotopic (exact) mass is 184 g/mol. The molecule has 0 amide bonds. The fourth-order valence-electron chi connectivity index (χ4n) is 1.39. The predicted octanol–water partition coefficient (Wildman–Crippen LogP) is 3.09. The lowest BCUT2D eigenvalue weighted by atomic mass is 9.89. The molecule has 0 bridgehead atoms. The van der Waals surface area contributed by atoms with Gasteiger partial charge in [-0.25, -0.2) is 0 Å². The van der Waals surface area contributed by atoms with Crippen molar-refractivity contribution in [1.82, 2.24) is 0 Å². The average Bonchev–Trinajstić information content (AvgIpc) is 2.11. The standard InChI is InChI=1S/C11H20O2/c1-4-6-7-8-10(11(12)13)9(3)5-2/h5,9-10H,2,4,6-8H2,1,3H3,(H,12,13)/t9-,10+/m1/s1. The number of unbranched alkanes of at least 4 members (excludes halogenated alkanes) is 2. The van der Waals surface area contributed by atoms with Crippen molar-refractivity contribution < 1.29 is 9.90 Å². The van der Waals surface area contributed by atoms with E-state index in [9.17, 15) is 4.79 Å². The van der Waals surface area contributed by atoms with Gasteiger partial charge < -0.3 is 5.11 Å². The highest BCUT2D eigenvalue weighted by Gasteiger charge is 2.21. The van der Waals surface area contributed by atoms with Gasteiger partial charge >= 0.3 is 5.97 Å². The lowest BCUT2D eigenvalue weighted by molar-refractivity contribution is -0.143. The van der Waals surface area contributed by atoms with E-state index in [1.807, 2.05) is 6.92 Å². The number of carboxylic acid groups (broad SMARTS) is 1. The third-order valence-corrected chi connectivity index (χ3v) is 2.44. The van der Waals surface area contributed by atoms with E-state index in [-0.39, 0.29) is 11.8 Å². The maximum absolute atomic E-state index is 10.8. The van der Waals surface area contributed by atoms with Gasteiger partial charge in [0.2, 0.25) is 0 Å². The van der Waals surface area contributed by atoms with Crippen LogP contribution in [-0.4, -0.2) is 11.1 Å². The Morgan fingerprint density at radius 3 is 2.54 bits per heavy atom. The van der Waals surface area contributed by atoms with Crippen LogP contribution in [0, 0.1) is 11.8 Å². The van der Waals surface area contributed by atoms with Crippen molar-refractivity contribution in [3.05, 3.63) is 12.7 Å². The molecule has 2 nitrogen and oxygen atoms in total. The second kappa shape index (κ2) is 6.70. The summed E-state index contributed by atoms with van der Waals surface area (Å²) in [6.45, 7) is 7.66. The van der Waals surface area contributed by atoms with Crippen LogP contribution >= 0.6 is 0 Å². The zero-order valence-electron chi connectivity index (χ0n) is 8.62. The van der Waals surface area contributed by atoms with Gasteiger partial charge in [0.05, 0.1) is 5.92 Å². The summed E-state index contributed by atoms with van der Waals surface area (Å²) < 4.78 is 0. The Morgan fingerprint density at radius 1 is 1.54 bits per heavy atom. The molecule has 2 heteroatoms. The van der Waals surface area contributed by atoms with Crippen LogP contribution in [0.4, 0.5) is 0 Å². The van der Waals surface area contributed by atoms with Gasteiger partial charge in [0.25, 0.3) is 0 Å². The highest BCUT2D eigenvalue weighted by Crippen LogP contribution is 2.20. The molecule has 76 valence electrons. The topological polar surface area (TPSA) is 37.3 Å². The average molecular weight is 184 g/mol. The van der Waals surface area contributed by atoms with Crippen molar-refractivity contribution in [2.75, 3.05) is 0 Å². The minimum Gasteiger partial charge on any atom is -0.481 e. The molecule has 0 saturated carbocycles. The molecule has 0 aliphatic heterocycles. The van der Waals surface area contributed by atoms with Crippen LogP contribution < -0.4 is 0 Å². The summed E-state index contributed by atoms with van der Waals surface area (Å²) in [6.07, 6.45) is 5.76. The number of carbonyl (C=O) groups is 1. The molecule has 0 aromatic heterocycles. The van der Waals surface area contributed by atoms with Crippen molar-refractivity contribution in [3.8, 4) is 0 Å². The molecule has 0 saturated heterocycles. The number of carboxylic acids is 1. The van der Waals surface area contributed by atoms with Crippen LogP contribution in [0.25, 0.3) is 0 Å². The van der Waals surface area contributed by atoms with Gasteiger partial charge in [-0.3, -0.25) is 4.79 Å². The van der Waals surface area contributed by atoms with E-state index < -0.39 is 5.97 Å². The van der Waals surface area contributed by atoms with Gasteiger partial charge in [-0.2, -0.15) is 0 Å². The summed E-state index contributed by atoms with van der Waals surface area (Å²) in [4.78, 5) is 10.8. The molecule has 0 heterocycles. The predicted molar refractivity (Wildman–Crippen MR) is 54.6 cm³/mol. The second-order valence-corrected chi connectivity index (χ2v) is 3.54. The van der Waals surface area contributed by atoms with Crippen LogP contribution in [0.2, 0.25) is 0 Å². The van der Waals surface area contributed by atoms with Gasteiger partial charge in [-0.15, -0.1) is 6.58 Å². The molecular formula is C11H20O2. The van der Waals surface area contributed by atoms with Crippen LogP contribution in [0.1, 0.15) is 39.5 Å². The van der Waals surface area contributed by atoms with E-state index in [0.29, 0.717) is 0 Å². The lowest BCUT2D eigenvalue weighted by Gasteiger charge is -2.16. The number of aliphatic carboxylic acids is 1. The van der Waals surface area contributed by atoms with Crippen LogP contribution in [0.5, 0.6) is 0 Å². The molecule has 0 fully saturated rings. The highest BCUT2D eigenvalue weighted by molar-refractivity contribution is 5.70. The molecule has 13 heavy (non-hydrogen) atoms. The summed E-state index contributed by atoms with van der Waals surface area (Å²) in [7, 11) is 0. The Hall–Kier alpha value is -0.790. The number of hydrogen-bond acceptors (Lipinski definition) is 1. The van der Waals surface area contributed by atoms with Gasteiger partial charge in [0, 0.05) is 0 Å². The van der Waals surface area contributed by atoms with E-state index in [2.05, 4.69) is 13.5 Å². The van der Waals surface area contributed by atoms with Gasteiger partial charge in [0.15, 0.2) is 0 Å². The van der Waals surface area contributed by atoms with E-state index in [1.165, 1.54) is 0 Å². The van der Waals surface area contributed by atoms with E-state index in [1.54, 1.807) is 6.08 Å². The minimum atomic E-state index is -0.691. The molecule has 0 aliphatic carbocycles. The third kappa shape index (κ3) is 4.71. The lowest BCUT2D eigenvalue weighted by Crippen LogP contribution is -2.20. The Kier molecular flexibility index (Phi) is 6.29. The first-order chi connectivity index (χ1) is 6.13. The molecule has 2 atom stereocenters. The fraction of sp³-hybridized carbons (Fsp3) is 0.727. The second-order valence-electron chi connectivity index (χ2n) is 3.54. The Labute approximate surface area is 80.7 Å². The zero-order valence-corrected chi connectivity index (χ0v) is 8.62. The van der Waals surface area contributed by atoms with Crippen molar-refractivity contribution in [2.45, 2.75) is 39.5 Å². The fourth-order valence-corrected chi connectivity index (χ4v) is 1.39. The largest absolute Gasteiger partial charge is 0.481 e. The summed E-state index contributed by atoms with van der Waals surface area (Å²) in [5, 5.41) is 8.93. The summed E-state index contributed by atoms with van der Waals surface area (Å²) in [5.41, 5.74) is 0. The molecule has 0 aliphatic rings. The van der Waals surface area contributed by atoms with Gasteiger partial charge in [-0.1, -0.05) is 39.2 Å². The van der Waals surface area contributed by atoms with E-state index in [0.717, 1.165) is 25.7 Å². The summed E-state index contributed by atoms with van der Waals surface area (Å²) in [5.74, 6) is -0.859. The van der Waals surface area contributed by atoms with Gasteiger partial charge in [-0.05, 0) is 12.3 Å². The maximum Gasteiger partial charge on any atom is 0.307 e. The third-order valence-electron chi connectivity index (χ3n) is 2.44. The molecule has 1 N–H and O–H groups in total. The zero-order chi connectivity index (χ0) is 10.3. The Bertz CT molecular complexity index is 163. The smallest absolute Gasteiger partial charge is 0.307 e. The highest BCUT2D eigenvalue weighted by atomic mass is 16.4. The molecule has 0 rings (SSSR count). The summed E-state index contributed by atoms with van der Waals surface area (Å²) >= 11 is 0. The number of hydrogen-bond donors (Lipinski definition) is 1. The molecule has 0 aromatic carbocycles. The Balaban J connectivity index is 3.95.